The van der Waals surface area contributed by atoms with Crippen LogP contribution in [0.5, 0.6) is 0 Å². The van der Waals surface area contributed by atoms with Crippen LogP contribution in [0, 0.1) is 5.92 Å². The second-order valence-electron chi connectivity index (χ2n) is 4.16. The molecule has 1 aliphatic carbocycles. The van der Waals surface area contributed by atoms with Crippen molar-refractivity contribution in [3.63, 3.8) is 0 Å². The predicted molar refractivity (Wildman–Crippen MR) is 46.4 cm³/mol. The summed E-state index contributed by atoms with van der Waals surface area (Å²) in [6.07, 6.45) is 2.13. The van der Waals surface area contributed by atoms with Gasteiger partial charge in [0.15, 0.2) is 0 Å². The number of amides is 1. The first-order valence-electron chi connectivity index (χ1n) is 5.03. The van der Waals surface area contributed by atoms with Gasteiger partial charge < -0.3 is 15.0 Å². The number of rotatable bonds is 1. The predicted octanol–water partition coefficient (Wildman–Crippen LogP) is 0.189. The molecule has 1 saturated carbocycles. The Morgan fingerprint density at radius 2 is 2.46 bits per heavy atom. The number of carbonyl (C=O) groups is 1. The maximum absolute atomic E-state index is 11.4. The molecule has 3 heterocycles. The second-order valence-corrected chi connectivity index (χ2v) is 4.16. The summed E-state index contributed by atoms with van der Waals surface area (Å²) in [5, 5.41) is 3.41. The lowest BCUT2D eigenvalue weighted by atomic mass is 9.79. The number of hydrogen-bond donors (Lipinski definition) is 1. The van der Waals surface area contributed by atoms with Crippen molar-refractivity contribution in [3.05, 3.63) is 0 Å². The van der Waals surface area contributed by atoms with Gasteiger partial charge in [-0.2, -0.15) is 0 Å². The number of cyclic esters (lactones) is 1. The number of fused-ring (bicyclic) bond motifs is 1. The van der Waals surface area contributed by atoms with Gasteiger partial charge in [-0.25, -0.2) is 4.79 Å². The molecule has 1 N–H and O–H groups in total. The van der Waals surface area contributed by atoms with Crippen molar-refractivity contribution in [1.82, 2.24) is 10.2 Å². The van der Waals surface area contributed by atoms with Gasteiger partial charge in [-0.1, -0.05) is 0 Å². The van der Waals surface area contributed by atoms with E-state index in [1.165, 1.54) is 6.42 Å². The molecule has 4 fully saturated rings. The van der Waals surface area contributed by atoms with Crippen LogP contribution in [0.4, 0.5) is 4.79 Å². The van der Waals surface area contributed by atoms with Crippen LogP contribution < -0.4 is 5.32 Å². The van der Waals surface area contributed by atoms with Gasteiger partial charge in [0.25, 0.3) is 0 Å². The summed E-state index contributed by atoms with van der Waals surface area (Å²) >= 11 is 0. The molecule has 0 aromatic carbocycles. The molecule has 0 aromatic heterocycles. The molecule has 1 amide bonds. The summed E-state index contributed by atoms with van der Waals surface area (Å²) in [4.78, 5) is 13.3. The van der Waals surface area contributed by atoms with Crippen LogP contribution in [-0.2, 0) is 4.74 Å². The fourth-order valence-electron chi connectivity index (χ4n) is 2.76. The zero-order valence-electron chi connectivity index (χ0n) is 7.53. The molecule has 4 aliphatic rings. The Bertz CT molecular complexity index is 230. The Hall–Kier alpha value is -0.770. The van der Waals surface area contributed by atoms with E-state index in [4.69, 9.17) is 4.74 Å². The smallest absolute Gasteiger partial charge is 0.410 e. The highest BCUT2D eigenvalue weighted by Crippen LogP contribution is 2.38. The van der Waals surface area contributed by atoms with Crippen molar-refractivity contribution < 1.29 is 9.53 Å². The minimum absolute atomic E-state index is 0.102. The monoisotopic (exact) mass is 182 g/mol. The normalized spacial score (nSPS) is 42.9. The topological polar surface area (TPSA) is 41.6 Å². The maximum Gasteiger partial charge on any atom is 0.410 e. The van der Waals surface area contributed by atoms with Gasteiger partial charge in [-0.05, 0) is 18.8 Å². The zero-order valence-corrected chi connectivity index (χ0v) is 7.53. The van der Waals surface area contributed by atoms with Gasteiger partial charge in [0.1, 0.15) is 0 Å². The quantitative estimate of drug-likeness (QED) is 0.629. The lowest BCUT2D eigenvalue weighted by Crippen LogP contribution is -2.58. The minimum Gasteiger partial charge on any atom is -0.449 e. The Labute approximate surface area is 77.2 Å². The highest BCUT2D eigenvalue weighted by atomic mass is 16.6. The summed E-state index contributed by atoms with van der Waals surface area (Å²) < 4.78 is 5.03. The number of ether oxygens (including phenoxy) is 1. The number of nitrogens with one attached hydrogen (secondary N) is 1. The van der Waals surface area contributed by atoms with E-state index in [9.17, 15) is 4.79 Å². The van der Waals surface area contributed by atoms with Gasteiger partial charge in [0.2, 0.25) is 0 Å². The second kappa shape index (κ2) is 2.61. The average Bonchev–Trinajstić information content (AvgIpc) is 2.69. The van der Waals surface area contributed by atoms with Gasteiger partial charge in [-0.3, -0.25) is 0 Å². The molecule has 3 atom stereocenters. The van der Waals surface area contributed by atoms with E-state index in [0.717, 1.165) is 19.5 Å². The Kier molecular flexibility index (Phi) is 1.53. The van der Waals surface area contributed by atoms with Crippen LogP contribution in [0.2, 0.25) is 0 Å². The first kappa shape index (κ1) is 7.62. The molecular formula is C9H14N2O2. The summed E-state index contributed by atoms with van der Waals surface area (Å²) in [5.41, 5.74) is 0. The molecule has 4 heteroatoms. The van der Waals surface area contributed by atoms with E-state index < -0.39 is 0 Å². The summed E-state index contributed by atoms with van der Waals surface area (Å²) in [6.45, 7) is 2.57. The zero-order chi connectivity index (χ0) is 8.84. The van der Waals surface area contributed by atoms with Crippen LogP contribution in [0.15, 0.2) is 0 Å². The third-order valence-corrected chi connectivity index (χ3v) is 3.46. The van der Waals surface area contributed by atoms with E-state index in [0.29, 0.717) is 24.6 Å². The third kappa shape index (κ3) is 0.981. The van der Waals surface area contributed by atoms with Crippen molar-refractivity contribution in [3.8, 4) is 0 Å². The molecule has 13 heavy (non-hydrogen) atoms. The highest BCUT2D eigenvalue weighted by molar-refractivity contribution is 5.69. The maximum atomic E-state index is 11.4. The SMILES string of the molecule is O=C1OCCCN1C1C2CNC1C2. The van der Waals surface area contributed by atoms with Crippen LogP contribution in [0.25, 0.3) is 0 Å². The van der Waals surface area contributed by atoms with Gasteiger partial charge in [0.05, 0.1) is 12.6 Å². The molecule has 3 saturated heterocycles. The average molecular weight is 182 g/mol. The Morgan fingerprint density at radius 1 is 1.54 bits per heavy atom. The molecule has 0 aromatic rings. The molecule has 4 nitrogen and oxygen atoms in total. The van der Waals surface area contributed by atoms with Crippen molar-refractivity contribution in [2.75, 3.05) is 19.7 Å². The van der Waals surface area contributed by atoms with Gasteiger partial charge >= 0.3 is 6.09 Å². The van der Waals surface area contributed by atoms with Crippen LogP contribution in [0.3, 0.4) is 0 Å². The lowest BCUT2D eigenvalue weighted by Gasteiger charge is -2.43. The number of carbonyl (C=O) groups excluding carboxylic acids is 1. The fraction of sp³-hybridized carbons (Fsp3) is 0.889. The first-order chi connectivity index (χ1) is 6.36. The standard InChI is InChI=1S/C9H14N2O2/c12-9-11(2-1-3-13-9)8-6-4-7(8)10-5-6/h6-8,10H,1-5H2. The molecular weight excluding hydrogens is 168 g/mol. The van der Waals surface area contributed by atoms with Crippen molar-refractivity contribution >= 4 is 6.09 Å². The fourth-order valence-corrected chi connectivity index (χ4v) is 2.76. The largest absolute Gasteiger partial charge is 0.449 e. The summed E-state index contributed by atoms with van der Waals surface area (Å²) in [5.74, 6) is 0.690. The van der Waals surface area contributed by atoms with Crippen molar-refractivity contribution in [1.29, 1.82) is 0 Å². The Morgan fingerprint density at radius 3 is 3.08 bits per heavy atom. The summed E-state index contributed by atoms with van der Waals surface area (Å²) in [7, 11) is 0. The lowest BCUT2D eigenvalue weighted by molar-refractivity contribution is 0.0209. The third-order valence-electron chi connectivity index (χ3n) is 3.46. The van der Waals surface area contributed by atoms with Crippen LogP contribution in [0.1, 0.15) is 12.8 Å². The molecule has 3 unspecified atom stereocenters. The number of hydrogen-bond acceptors (Lipinski definition) is 3. The first-order valence-corrected chi connectivity index (χ1v) is 5.03. The Balaban J connectivity index is 1.73. The molecule has 2 bridgehead atoms. The van der Waals surface area contributed by atoms with E-state index >= 15 is 0 Å². The van der Waals surface area contributed by atoms with E-state index in [-0.39, 0.29) is 6.09 Å². The van der Waals surface area contributed by atoms with Crippen LogP contribution in [-0.4, -0.2) is 42.8 Å². The highest BCUT2D eigenvalue weighted by Gasteiger charge is 2.51. The van der Waals surface area contributed by atoms with Gasteiger partial charge in [-0.15, -0.1) is 0 Å². The van der Waals surface area contributed by atoms with E-state index in [1.54, 1.807) is 0 Å². The van der Waals surface area contributed by atoms with Gasteiger partial charge in [0, 0.05) is 19.1 Å². The summed E-state index contributed by atoms with van der Waals surface area (Å²) in [6, 6.07) is 0.989. The van der Waals surface area contributed by atoms with E-state index in [1.807, 2.05) is 4.90 Å². The van der Waals surface area contributed by atoms with E-state index in [2.05, 4.69) is 5.32 Å². The van der Waals surface area contributed by atoms with Crippen molar-refractivity contribution in [2.45, 2.75) is 24.9 Å². The minimum atomic E-state index is -0.102. The molecule has 3 aliphatic heterocycles. The molecule has 72 valence electrons. The molecule has 0 spiro atoms. The van der Waals surface area contributed by atoms with Crippen LogP contribution >= 0.6 is 0 Å². The number of nitrogens with zero attached hydrogens (tertiary/aromatic N) is 1. The van der Waals surface area contributed by atoms with Crippen molar-refractivity contribution in [2.24, 2.45) is 5.92 Å². The molecule has 4 rings (SSSR count). The molecule has 0 radical (unpaired) electrons.